The van der Waals surface area contributed by atoms with Gasteiger partial charge in [-0.05, 0) is 79.3 Å². The molecule has 2 aliphatic rings. The Morgan fingerprint density at radius 3 is 2.19 bits per heavy atom. The van der Waals surface area contributed by atoms with Crippen LogP contribution in [0.15, 0.2) is 84.9 Å². The summed E-state index contributed by atoms with van der Waals surface area (Å²) in [5.41, 5.74) is 7.69. The molecule has 4 aromatic rings. The second-order valence-corrected chi connectivity index (χ2v) is 10.0. The highest BCUT2D eigenvalue weighted by Gasteiger charge is 2.24. The molecule has 2 heterocycles. The zero-order valence-corrected chi connectivity index (χ0v) is 21.1. The molecule has 1 amide bonds. The fourth-order valence-electron chi connectivity index (χ4n) is 5.79. The van der Waals surface area contributed by atoms with Crippen molar-refractivity contribution >= 4 is 11.6 Å². The van der Waals surface area contributed by atoms with Crippen molar-refractivity contribution in [1.29, 1.82) is 0 Å². The Kier molecular flexibility index (Phi) is 6.52. The molecule has 0 unspecified atom stereocenters. The SMILES string of the molecule is O=C(c1ccc(-n2c(-c3ccccc3)cc3c2CCCCC3)cc1)N1CCN(c2ccccc2F)CC1. The van der Waals surface area contributed by atoms with Crippen LogP contribution in [0.5, 0.6) is 0 Å². The van der Waals surface area contributed by atoms with Crippen LogP contribution in [0.2, 0.25) is 0 Å². The molecule has 0 saturated carbocycles. The van der Waals surface area contributed by atoms with Crippen LogP contribution in [0, 0.1) is 5.82 Å². The number of carbonyl (C=O) groups excluding carboxylic acids is 1. The van der Waals surface area contributed by atoms with Crippen LogP contribution in [-0.4, -0.2) is 41.6 Å². The molecule has 1 saturated heterocycles. The average Bonchev–Trinajstić information content (AvgIpc) is 3.16. The lowest BCUT2D eigenvalue weighted by molar-refractivity contribution is 0.0746. The van der Waals surface area contributed by atoms with Crippen molar-refractivity contribution in [2.24, 2.45) is 0 Å². The number of rotatable bonds is 4. The lowest BCUT2D eigenvalue weighted by atomic mass is 10.1. The van der Waals surface area contributed by atoms with E-state index in [1.807, 2.05) is 28.0 Å². The molecule has 6 rings (SSSR count). The number of anilines is 1. The van der Waals surface area contributed by atoms with E-state index in [1.165, 1.54) is 47.8 Å². The lowest BCUT2D eigenvalue weighted by Gasteiger charge is -2.36. The summed E-state index contributed by atoms with van der Waals surface area (Å²) in [4.78, 5) is 17.2. The number of benzene rings is 3. The van der Waals surface area contributed by atoms with Crippen molar-refractivity contribution < 1.29 is 9.18 Å². The topological polar surface area (TPSA) is 28.5 Å². The highest BCUT2D eigenvalue weighted by atomic mass is 19.1. The van der Waals surface area contributed by atoms with Crippen molar-refractivity contribution in [3.05, 3.63) is 108 Å². The minimum absolute atomic E-state index is 0.0364. The van der Waals surface area contributed by atoms with Gasteiger partial charge >= 0.3 is 0 Å². The second-order valence-electron chi connectivity index (χ2n) is 10.0. The van der Waals surface area contributed by atoms with Gasteiger partial charge in [0.2, 0.25) is 0 Å². The summed E-state index contributed by atoms with van der Waals surface area (Å²) in [7, 11) is 0. The van der Waals surface area contributed by atoms with Gasteiger partial charge in [0, 0.05) is 43.1 Å². The van der Waals surface area contributed by atoms with E-state index < -0.39 is 0 Å². The molecule has 0 bridgehead atoms. The Morgan fingerprint density at radius 1 is 0.730 bits per heavy atom. The van der Waals surface area contributed by atoms with E-state index in [4.69, 9.17) is 0 Å². The Bertz CT molecular complexity index is 1390. The molecule has 188 valence electrons. The maximum atomic E-state index is 14.2. The molecule has 0 atom stereocenters. The third-order valence-electron chi connectivity index (χ3n) is 7.75. The van der Waals surface area contributed by atoms with Gasteiger partial charge in [-0.25, -0.2) is 4.39 Å². The summed E-state index contributed by atoms with van der Waals surface area (Å²) in [6.45, 7) is 2.41. The molecule has 0 radical (unpaired) electrons. The summed E-state index contributed by atoms with van der Waals surface area (Å²) < 4.78 is 16.6. The fourth-order valence-corrected chi connectivity index (χ4v) is 5.79. The van der Waals surface area contributed by atoms with E-state index in [2.05, 4.69) is 53.1 Å². The Balaban J connectivity index is 1.23. The second kappa shape index (κ2) is 10.3. The molecule has 1 aliphatic carbocycles. The lowest BCUT2D eigenvalue weighted by Crippen LogP contribution is -2.49. The quantitative estimate of drug-likeness (QED) is 0.303. The number of carbonyl (C=O) groups is 1. The number of hydrogen-bond donors (Lipinski definition) is 0. The van der Waals surface area contributed by atoms with Gasteiger partial charge in [-0.2, -0.15) is 0 Å². The van der Waals surface area contributed by atoms with E-state index in [-0.39, 0.29) is 11.7 Å². The summed E-state index contributed by atoms with van der Waals surface area (Å²) in [6.07, 6.45) is 5.92. The van der Waals surface area contributed by atoms with Gasteiger partial charge < -0.3 is 14.4 Å². The molecule has 4 nitrogen and oxygen atoms in total. The van der Waals surface area contributed by atoms with Crippen LogP contribution < -0.4 is 4.90 Å². The van der Waals surface area contributed by atoms with E-state index >= 15 is 0 Å². The number of fused-ring (bicyclic) bond motifs is 1. The van der Waals surface area contributed by atoms with Gasteiger partial charge in [0.05, 0.1) is 11.4 Å². The Labute approximate surface area is 218 Å². The van der Waals surface area contributed by atoms with Crippen LogP contribution in [-0.2, 0) is 12.8 Å². The molecule has 37 heavy (non-hydrogen) atoms. The predicted octanol–water partition coefficient (Wildman–Crippen LogP) is 6.51. The highest BCUT2D eigenvalue weighted by Crippen LogP contribution is 2.33. The summed E-state index contributed by atoms with van der Waals surface area (Å²) >= 11 is 0. The van der Waals surface area contributed by atoms with Gasteiger partial charge in [-0.15, -0.1) is 0 Å². The largest absolute Gasteiger partial charge is 0.366 e. The summed E-state index contributed by atoms with van der Waals surface area (Å²) in [5, 5.41) is 0. The van der Waals surface area contributed by atoms with Crippen molar-refractivity contribution in [2.75, 3.05) is 31.1 Å². The first kappa shape index (κ1) is 23.5. The number of hydrogen-bond acceptors (Lipinski definition) is 2. The molecular formula is C32H32FN3O. The van der Waals surface area contributed by atoms with E-state index in [1.54, 1.807) is 12.1 Å². The number of aryl methyl sites for hydroxylation is 1. The Morgan fingerprint density at radius 2 is 1.43 bits per heavy atom. The highest BCUT2D eigenvalue weighted by molar-refractivity contribution is 5.94. The minimum atomic E-state index is -0.212. The summed E-state index contributed by atoms with van der Waals surface area (Å²) in [6, 6.07) is 27.9. The van der Waals surface area contributed by atoms with E-state index in [9.17, 15) is 9.18 Å². The molecule has 1 fully saturated rings. The first-order valence-corrected chi connectivity index (χ1v) is 13.4. The molecule has 0 spiro atoms. The number of piperazine rings is 1. The van der Waals surface area contributed by atoms with Crippen LogP contribution in [0.4, 0.5) is 10.1 Å². The van der Waals surface area contributed by atoms with E-state index in [0.717, 1.165) is 18.5 Å². The van der Waals surface area contributed by atoms with Gasteiger partial charge in [-0.3, -0.25) is 4.79 Å². The van der Waals surface area contributed by atoms with Gasteiger partial charge in [0.25, 0.3) is 5.91 Å². The van der Waals surface area contributed by atoms with Gasteiger partial charge in [0.15, 0.2) is 0 Å². The predicted molar refractivity (Wildman–Crippen MR) is 147 cm³/mol. The number of amides is 1. The first-order chi connectivity index (χ1) is 18.2. The van der Waals surface area contributed by atoms with Crippen LogP contribution >= 0.6 is 0 Å². The van der Waals surface area contributed by atoms with Crippen molar-refractivity contribution in [3.63, 3.8) is 0 Å². The number of halogens is 1. The molecule has 3 aromatic carbocycles. The monoisotopic (exact) mass is 493 g/mol. The Hall–Kier alpha value is -3.86. The van der Waals surface area contributed by atoms with Crippen LogP contribution in [0.3, 0.4) is 0 Å². The average molecular weight is 494 g/mol. The zero-order valence-electron chi connectivity index (χ0n) is 21.1. The number of aromatic nitrogens is 1. The maximum absolute atomic E-state index is 14.2. The van der Waals surface area contributed by atoms with Crippen LogP contribution in [0.1, 0.15) is 40.9 Å². The third kappa shape index (κ3) is 4.66. The number of nitrogens with zero attached hydrogens (tertiary/aromatic N) is 3. The molecule has 1 aromatic heterocycles. The molecule has 0 N–H and O–H groups in total. The standard InChI is InChI=1S/C32H32FN3O/c33-28-12-7-8-14-30(28)34-19-21-35(22-20-34)32(37)25-15-17-27(18-16-25)36-29-13-6-2-5-11-26(29)23-31(36)24-9-3-1-4-10-24/h1,3-4,7-10,12,14-18,23H,2,5-6,11,13,19-22H2. The molecular weight excluding hydrogens is 461 g/mol. The number of para-hydroxylation sites is 1. The normalized spacial score (nSPS) is 15.8. The first-order valence-electron chi connectivity index (χ1n) is 13.4. The van der Waals surface area contributed by atoms with Gasteiger partial charge in [0.1, 0.15) is 5.82 Å². The molecule has 1 aliphatic heterocycles. The maximum Gasteiger partial charge on any atom is 0.253 e. The molecule has 5 heteroatoms. The fraction of sp³-hybridized carbons (Fsp3) is 0.281. The zero-order chi connectivity index (χ0) is 25.2. The van der Waals surface area contributed by atoms with Crippen LogP contribution in [0.25, 0.3) is 16.9 Å². The third-order valence-corrected chi connectivity index (χ3v) is 7.75. The minimum Gasteiger partial charge on any atom is -0.366 e. The van der Waals surface area contributed by atoms with Crippen molar-refractivity contribution in [2.45, 2.75) is 32.1 Å². The smallest absolute Gasteiger partial charge is 0.253 e. The van der Waals surface area contributed by atoms with Crippen molar-refractivity contribution in [1.82, 2.24) is 9.47 Å². The van der Waals surface area contributed by atoms with Gasteiger partial charge in [-0.1, -0.05) is 48.9 Å². The van der Waals surface area contributed by atoms with E-state index in [0.29, 0.717) is 37.4 Å². The summed E-state index contributed by atoms with van der Waals surface area (Å²) in [5.74, 6) is -0.176. The van der Waals surface area contributed by atoms with Crippen molar-refractivity contribution in [3.8, 4) is 16.9 Å².